The summed E-state index contributed by atoms with van der Waals surface area (Å²) >= 11 is 3.59. The summed E-state index contributed by atoms with van der Waals surface area (Å²) in [6, 6.07) is 15.0. The monoisotopic (exact) mass is 477 g/mol. The molecule has 1 fully saturated rings. The van der Waals surface area contributed by atoms with Crippen molar-refractivity contribution in [2.75, 3.05) is 11.9 Å². The SMILES string of the molecule is N#Cc1ccc(-c2nc3c4cccc(Br)c4nc(N[C@H]4CCCCNC4O)n3n2)cc1. The fourth-order valence-electron chi connectivity index (χ4n) is 3.86. The number of hydrogen-bond donors (Lipinski definition) is 3. The van der Waals surface area contributed by atoms with Gasteiger partial charge in [0.2, 0.25) is 5.95 Å². The number of fused-ring (bicyclic) bond motifs is 3. The first kappa shape index (κ1) is 19.9. The Labute approximate surface area is 187 Å². The van der Waals surface area contributed by atoms with E-state index in [2.05, 4.69) is 32.6 Å². The lowest BCUT2D eigenvalue weighted by atomic mass is 10.1. The van der Waals surface area contributed by atoms with Crippen LogP contribution in [0, 0.1) is 11.3 Å². The second kappa shape index (κ2) is 8.23. The summed E-state index contributed by atoms with van der Waals surface area (Å²) in [7, 11) is 0. The number of aliphatic hydroxyl groups is 1. The number of rotatable bonds is 3. The molecule has 4 aromatic rings. The highest BCUT2D eigenvalue weighted by atomic mass is 79.9. The molecule has 0 amide bonds. The molecule has 3 heterocycles. The summed E-state index contributed by atoms with van der Waals surface area (Å²) in [6.07, 6.45) is 2.18. The number of hydrogen-bond acceptors (Lipinski definition) is 7. The number of anilines is 1. The van der Waals surface area contributed by atoms with E-state index >= 15 is 0 Å². The molecular weight excluding hydrogens is 458 g/mol. The second-order valence-electron chi connectivity index (χ2n) is 7.58. The van der Waals surface area contributed by atoms with Gasteiger partial charge in [-0.3, -0.25) is 5.32 Å². The third-order valence-corrected chi connectivity index (χ3v) is 6.16. The van der Waals surface area contributed by atoms with Gasteiger partial charge in [0.25, 0.3) is 0 Å². The normalized spacial score (nSPS) is 19.3. The van der Waals surface area contributed by atoms with Crippen LogP contribution in [-0.2, 0) is 0 Å². The molecule has 1 aliphatic heterocycles. The van der Waals surface area contributed by atoms with Crippen LogP contribution in [0.1, 0.15) is 24.8 Å². The molecular formula is C22H20BrN7O. The molecule has 3 N–H and O–H groups in total. The molecule has 2 atom stereocenters. The van der Waals surface area contributed by atoms with Crippen LogP contribution in [0.5, 0.6) is 0 Å². The zero-order valence-corrected chi connectivity index (χ0v) is 18.2. The van der Waals surface area contributed by atoms with Crippen LogP contribution >= 0.6 is 15.9 Å². The molecule has 2 aromatic heterocycles. The van der Waals surface area contributed by atoms with Gasteiger partial charge in [-0.15, -0.1) is 5.10 Å². The maximum absolute atomic E-state index is 10.5. The number of aromatic nitrogens is 4. The van der Waals surface area contributed by atoms with Gasteiger partial charge in [-0.05, 0) is 78.1 Å². The standard InChI is InChI=1S/C22H20BrN7O/c23-16-5-3-4-15-18(16)27-22(26-17-6-1-2-11-25-21(17)31)30-20(15)28-19(29-30)14-9-7-13(12-24)8-10-14/h3-5,7-10,17,21,25,31H,1-2,6,11H2,(H,26,27)/t17-,21?/m0/s1. The highest BCUT2D eigenvalue weighted by Gasteiger charge is 2.24. The molecule has 1 saturated heterocycles. The Morgan fingerprint density at radius 3 is 2.81 bits per heavy atom. The van der Waals surface area contributed by atoms with Crippen molar-refractivity contribution in [1.29, 1.82) is 5.26 Å². The Morgan fingerprint density at radius 1 is 1.16 bits per heavy atom. The van der Waals surface area contributed by atoms with E-state index < -0.39 is 6.23 Å². The van der Waals surface area contributed by atoms with Gasteiger partial charge in [-0.2, -0.15) is 9.78 Å². The maximum atomic E-state index is 10.5. The Balaban J connectivity index is 1.66. The summed E-state index contributed by atoms with van der Waals surface area (Å²) < 4.78 is 2.55. The first-order valence-electron chi connectivity index (χ1n) is 10.2. The van der Waals surface area contributed by atoms with Gasteiger partial charge >= 0.3 is 0 Å². The zero-order valence-electron chi connectivity index (χ0n) is 16.6. The summed E-state index contributed by atoms with van der Waals surface area (Å²) in [6.45, 7) is 0.789. The van der Waals surface area contributed by atoms with Gasteiger partial charge in [-0.25, -0.2) is 9.97 Å². The third-order valence-electron chi connectivity index (χ3n) is 5.52. The van der Waals surface area contributed by atoms with E-state index in [1.807, 2.05) is 30.3 Å². The minimum atomic E-state index is -0.671. The smallest absolute Gasteiger partial charge is 0.226 e. The molecule has 0 aliphatic carbocycles. The Bertz CT molecular complexity index is 1300. The van der Waals surface area contributed by atoms with Crippen molar-refractivity contribution in [3.8, 4) is 17.5 Å². The minimum Gasteiger partial charge on any atom is -0.376 e. The van der Waals surface area contributed by atoms with E-state index in [0.717, 1.165) is 46.7 Å². The van der Waals surface area contributed by atoms with Crippen LogP contribution in [0.2, 0.25) is 0 Å². The lowest BCUT2D eigenvalue weighted by Crippen LogP contribution is -2.43. The summed E-state index contributed by atoms with van der Waals surface area (Å²) in [5.74, 6) is 1.07. The summed E-state index contributed by atoms with van der Waals surface area (Å²) in [4.78, 5) is 9.61. The molecule has 31 heavy (non-hydrogen) atoms. The van der Waals surface area contributed by atoms with Crippen molar-refractivity contribution in [2.24, 2.45) is 0 Å². The van der Waals surface area contributed by atoms with Crippen molar-refractivity contribution < 1.29 is 5.11 Å². The molecule has 0 saturated carbocycles. The number of benzene rings is 2. The summed E-state index contributed by atoms with van der Waals surface area (Å²) in [5, 5.41) is 31.7. The van der Waals surface area contributed by atoms with Crippen LogP contribution < -0.4 is 10.6 Å². The number of nitrogens with zero attached hydrogens (tertiary/aromatic N) is 5. The maximum Gasteiger partial charge on any atom is 0.226 e. The zero-order chi connectivity index (χ0) is 21.4. The highest BCUT2D eigenvalue weighted by Crippen LogP contribution is 2.29. The van der Waals surface area contributed by atoms with Crippen LogP contribution in [0.25, 0.3) is 27.9 Å². The average molecular weight is 478 g/mol. The quantitative estimate of drug-likeness (QED) is 0.414. The van der Waals surface area contributed by atoms with Gasteiger partial charge in [0, 0.05) is 15.4 Å². The predicted octanol–water partition coefficient (Wildman–Crippen LogP) is 3.45. The van der Waals surface area contributed by atoms with E-state index in [9.17, 15) is 5.11 Å². The van der Waals surface area contributed by atoms with Gasteiger partial charge in [0.05, 0.1) is 23.2 Å². The molecule has 1 unspecified atom stereocenters. The fraction of sp³-hybridized carbons (Fsp3) is 0.273. The highest BCUT2D eigenvalue weighted by molar-refractivity contribution is 9.10. The summed E-state index contributed by atoms with van der Waals surface area (Å²) in [5.41, 5.74) is 2.84. The van der Waals surface area contributed by atoms with E-state index in [-0.39, 0.29) is 6.04 Å². The molecule has 0 bridgehead atoms. The molecule has 8 nitrogen and oxygen atoms in total. The third kappa shape index (κ3) is 3.74. The molecule has 2 aromatic carbocycles. The predicted molar refractivity (Wildman–Crippen MR) is 121 cm³/mol. The van der Waals surface area contributed by atoms with Crippen molar-refractivity contribution in [1.82, 2.24) is 24.9 Å². The van der Waals surface area contributed by atoms with Gasteiger partial charge in [0.1, 0.15) is 6.23 Å². The molecule has 5 rings (SSSR count). The van der Waals surface area contributed by atoms with Crippen LogP contribution in [0.4, 0.5) is 5.95 Å². The van der Waals surface area contributed by atoms with Crippen LogP contribution in [0.15, 0.2) is 46.9 Å². The van der Waals surface area contributed by atoms with E-state index in [1.54, 1.807) is 16.6 Å². The molecule has 0 spiro atoms. The van der Waals surface area contributed by atoms with Gasteiger partial charge in [0.15, 0.2) is 11.5 Å². The van der Waals surface area contributed by atoms with Gasteiger partial charge in [-0.1, -0.05) is 6.07 Å². The van der Waals surface area contributed by atoms with Crippen LogP contribution in [0.3, 0.4) is 0 Å². The molecule has 9 heteroatoms. The Morgan fingerprint density at radius 2 is 2.00 bits per heavy atom. The average Bonchev–Trinajstić information content (AvgIpc) is 3.15. The first-order valence-corrected chi connectivity index (χ1v) is 11.0. The van der Waals surface area contributed by atoms with E-state index in [0.29, 0.717) is 23.0 Å². The largest absolute Gasteiger partial charge is 0.376 e. The Hall–Kier alpha value is -3.06. The number of nitrogens with one attached hydrogen (secondary N) is 2. The second-order valence-corrected chi connectivity index (χ2v) is 8.43. The van der Waals surface area contributed by atoms with Gasteiger partial charge < -0.3 is 10.4 Å². The lowest BCUT2D eigenvalue weighted by molar-refractivity contribution is 0.121. The van der Waals surface area contributed by atoms with Crippen molar-refractivity contribution in [3.05, 3.63) is 52.5 Å². The Kier molecular flexibility index (Phi) is 5.28. The number of halogens is 1. The van der Waals surface area contributed by atoms with Crippen molar-refractivity contribution in [2.45, 2.75) is 31.5 Å². The molecule has 0 radical (unpaired) electrons. The van der Waals surface area contributed by atoms with Crippen molar-refractivity contribution >= 4 is 38.4 Å². The molecule has 1 aliphatic rings. The first-order chi connectivity index (χ1) is 15.1. The number of nitriles is 1. The lowest BCUT2D eigenvalue weighted by Gasteiger charge is -2.23. The molecule has 156 valence electrons. The van der Waals surface area contributed by atoms with Crippen LogP contribution in [-0.4, -0.2) is 43.5 Å². The topological polar surface area (TPSA) is 111 Å². The van der Waals surface area contributed by atoms with E-state index in [4.69, 9.17) is 20.3 Å². The number of aliphatic hydroxyl groups excluding tert-OH is 1. The minimum absolute atomic E-state index is 0.194. The fourth-order valence-corrected chi connectivity index (χ4v) is 4.32. The van der Waals surface area contributed by atoms with E-state index in [1.165, 1.54) is 0 Å². The number of para-hydroxylation sites is 1. The van der Waals surface area contributed by atoms with Crippen molar-refractivity contribution in [3.63, 3.8) is 0 Å².